The first-order valence-electron chi connectivity index (χ1n) is 6.06. The maximum atomic E-state index is 5.75. The Hall–Kier alpha value is -1.85. The fraction of sp³-hybridized carbons (Fsp3) is 0.545. The number of aromatic nitrogens is 5. The minimum atomic E-state index is 0.513. The van der Waals surface area contributed by atoms with Gasteiger partial charge in [0, 0.05) is 5.92 Å². The first-order valence-corrected chi connectivity index (χ1v) is 6.06. The third-order valence-electron chi connectivity index (χ3n) is 3.40. The second-order valence-electron chi connectivity index (χ2n) is 4.58. The Morgan fingerprint density at radius 1 is 1.18 bits per heavy atom. The summed E-state index contributed by atoms with van der Waals surface area (Å²) in [6, 6.07) is 0. The van der Waals surface area contributed by atoms with Crippen molar-refractivity contribution in [2.75, 3.05) is 5.73 Å². The van der Waals surface area contributed by atoms with Crippen LogP contribution in [-0.4, -0.2) is 25.4 Å². The SMILES string of the molecule is Nc1[nH]ncc1-c1n[nH]c(C2CCCCC2)n1. The smallest absolute Gasteiger partial charge is 0.186 e. The first-order chi connectivity index (χ1) is 8.34. The number of nitrogens with two attached hydrogens (primary N) is 1. The quantitative estimate of drug-likeness (QED) is 0.735. The van der Waals surface area contributed by atoms with Gasteiger partial charge in [-0.2, -0.15) is 10.2 Å². The zero-order chi connectivity index (χ0) is 11.7. The van der Waals surface area contributed by atoms with Crippen molar-refractivity contribution in [2.24, 2.45) is 0 Å². The number of rotatable bonds is 2. The topological polar surface area (TPSA) is 96.3 Å². The Labute approximate surface area is 99.0 Å². The van der Waals surface area contributed by atoms with E-state index in [2.05, 4.69) is 25.4 Å². The van der Waals surface area contributed by atoms with Gasteiger partial charge >= 0.3 is 0 Å². The summed E-state index contributed by atoms with van der Waals surface area (Å²) in [6.07, 6.45) is 7.98. The number of hydrogen-bond donors (Lipinski definition) is 3. The van der Waals surface area contributed by atoms with Crippen LogP contribution in [0.1, 0.15) is 43.8 Å². The summed E-state index contributed by atoms with van der Waals surface area (Å²) in [5.74, 6) is 2.66. The number of nitrogens with zero attached hydrogens (tertiary/aromatic N) is 3. The molecule has 4 N–H and O–H groups in total. The molecule has 2 heterocycles. The number of aromatic amines is 2. The Kier molecular flexibility index (Phi) is 2.55. The normalized spacial score (nSPS) is 17.4. The zero-order valence-corrected chi connectivity index (χ0v) is 9.61. The summed E-state index contributed by atoms with van der Waals surface area (Å²) < 4.78 is 0. The Morgan fingerprint density at radius 2 is 2.00 bits per heavy atom. The van der Waals surface area contributed by atoms with E-state index < -0.39 is 0 Å². The van der Waals surface area contributed by atoms with E-state index in [0.717, 1.165) is 11.4 Å². The molecule has 1 aliphatic carbocycles. The molecule has 2 aromatic heterocycles. The molecule has 0 aliphatic heterocycles. The summed E-state index contributed by atoms with van der Waals surface area (Å²) in [4.78, 5) is 4.53. The van der Waals surface area contributed by atoms with Crippen LogP contribution in [-0.2, 0) is 0 Å². The lowest BCUT2D eigenvalue weighted by Crippen LogP contribution is -2.06. The van der Waals surface area contributed by atoms with E-state index in [0.29, 0.717) is 17.6 Å². The minimum Gasteiger partial charge on any atom is -0.383 e. The molecule has 1 fully saturated rings. The highest BCUT2D eigenvalue weighted by Gasteiger charge is 2.20. The highest BCUT2D eigenvalue weighted by Crippen LogP contribution is 2.31. The monoisotopic (exact) mass is 232 g/mol. The fourth-order valence-corrected chi connectivity index (χ4v) is 2.43. The van der Waals surface area contributed by atoms with E-state index in [1.54, 1.807) is 6.20 Å². The third kappa shape index (κ3) is 1.90. The lowest BCUT2D eigenvalue weighted by molar-refractivity contribution is 0.429. The molecule has 1 saturated carbocycles. The summed E-state index contributed by atoms with van der Waals surface area (Å²) in [5, 5.41) is 13.8. The van der Waals surface area contributed by atoms with Gasteiger partial charge in [0.25, 0.3) is 0 Å². The molecule has 17 heavy (non-hydrogen) atoms. The molecule has 0 atom stereocenters. The Bertz CT molecular complexity index is 494. The predicted molar refractivity (Wildman–Crippen MR) is 64.2 cm³/mol. The van der Waals surface area contributed by atoms with Crippen molar-refractivity contribution in [1.29, 1.82) is 0 Å². The molecule has 0 amide bonds. The van der Waals surface area contributed by atoms with E-state index in [1.807, 2.05) is 0 Å². The molecule has 6 nitrogen and oxygen atoms in total. The standard InChI is InChI=1S/C11H16N6/c12-9-8(6-13-15-9)11-14-10(16-17-11)7-4-2-1-3-5-7/h6-7H,1-5H2,(H3,12,13,15)(H,14,16,17). The molecular formula is C11H16N6. The summed E-state index contributed by atoms with van der Waals surface area (Å²) in [6.45, 7) is 0. The van der Waals surface area contributed by atoms with Crippen molar-refractivity contribution in [3.8, 4) is 11.4 Å². The molecule has 3 rings (SSSR count). The van der Waals surface area contributed by atoms with E-state index in [1.165, 1.54) is 32.1 Å². The minimum absolute atomic E-state index is 0.513. The van der Waals surface area contributed by atoms with Crippen molar-refractivity contribution in [3.05, 3.63) is 12.0 Å². The molecule has 0 saturated heterocycles. The van der Waals surface area contributed by atoms with Gasteiger partial charge in [-0.15, -0.1) is 0 Å². The van der Waals surface area contributed by atoms with Crippen LogP contribution in [0.4, 0.5) is 5.82 Å². The number of hydrogen-bond acceptors (Lipinski definition) is 4. The molecule has 2 aromatic rings. The average Bonchev–Trinajstić information content (AvgIpc) is 2.98. The van der Waals surface area contributed by atoms with Crippen molar-refractivity contribution in [2.45, 2.75) is 38.0 Å². The number of nitrogen functional groups attached to an aromatic ring is 1. The molecule has 0 aromatic carbocycles. The highest BCUT2D eigenvalue weighted by atomic mass is 15.2. The van der Waals surface area contributed by atoms with Crippen LogP contribution in [0.2, 0.25) is 0 Å². The molecule has 0 bridgehead atoms. The summed E-state index contributed by atoms with van der Waals surface area (Å²) in [5.41, 5.74) is 6.52. The molecule has 0 unspecified atom stereocenters. The van der Waals surface area contributed by atoms with Gasteiger partial charge in [-0.25, -0.2) is 4.98 Å². The first kappa shape index (κ1) is 10.3. The van der Waals surface area contributed by atoms with Crippen molar-refractivity contribution >= 4 is 5.82 Å². The van der Waals surface area contributed by atoms with E-state index >= 15 is 0 Å². The number of H-pyrrole nitrogens is 2. The van der Waals surface area contributed by atoms with Crippen LogP contribution in [0, 0.1) is 0 Å². The van der Waals surface area contributed by atoms with Gasteiger partial charge in [0.15, 0.2) is 5.82 Å². The molecular weight excluding hydrogens is 216 g/mol. The van der Waals surface area contributed by atoms with Gasteiger partial charge in [-0.3, -0.25) is 10.2 Å². The highest BCUT2D eigenvalue weighted by molar-refractivity contribution is 5.66. The molecule has 0 spiro atoms. The van der Waals surface area contributed by atoms with Gasteiger partial charge in [-0.1, -0.05) is 19.3 Å². The van der Waals surface area contributed by atoms with E-state index in [9.17, 15) is 0 Å². The van der Waals surface area contributed by atoms with Gasteiger partial charge < -0.3 is 5.73 Å². The zero-order valence-electron chi connectivity index (χ0n) is 9.61. The second kappa shape index (κ2) is 4.20. The molecule has 0 radical (unpaired) electrons. The summed E-state index contributed by atoms with van der Waals surface area (Å²) >= 11 is 0. The lowest BCUT2D eigenvalue weighted by Gasteiger charge is -2.18. The summed E-state index contributed by atoms with van der Waals surface area (Å²) in [7, 11) is 0. The second-order valence-corrected chi connectivity index (χ2v) is 4.58. The van der Waals surface area contributed by atoms with Crippen molar-refractivity contribution < 1.29 is 0 Å². The lowest BCUT2D eigenvalue weighted by atomic mass is 9.89. The molecule has 90 valence electrons. The van der Waals surface area contributed by atoms with Gasteiger partial charge in [0.1, 0.15) is 11.6 Å². The maximum Gasteiger partial charge on any atom is 0.186 e. The largest absolute Gasteiger partial charge is 0.383 e. The van der Waals surface area contributed by atoms with Crippen LogP contribution in [0.25, 0.3) is 11.4 Å². The maximum absolute atomic E-state index is 5.75. The van der Waals surface area contributed by atoms with Crippen LogP contribution < -0.4 is 5.73 Å². The van der Waals surface area contributed by atoms with E-state index in [4.69, 9.17) is 5.73 Å². The predicted octanol–water partition coefficient (Wildman–Crippen LogP) is 1.82. The van der Waals surface area contributed by atoms with Crippen molar-refractivity contribution in [1.82, 2.24) is 25.4 Å². The van der Waals surface area contributed by atoms with Crippen LogP contribution in [0.3, 0.4) is 0 Å². The fourth-order valence-electron chi connectivity index (χ4n) is 2.43. The third-order valence-corrected chi connectivity index (χ3v) is 3.40. The van der Waals surface area contributed by atoms with Crippen LogP contribution in [0.5, 0.6) is 0 Å². The molecule has 6 heteroatoms. The number of nitrogens with one attached hydrogen (secondary N) is 2. The Balaban J connectivity index is 1.85. The van der Waals surface area contributed by atoms with Crippen LogP contribution in [0.15, 0.2) is 6.20 Å². The Morgan fingerprint density at radius 3 is 2.71 bits per heavy atom. The molecule has 1 aliphatic rings. The number of anilines is 1. The average molecular weight is 232 g/mol. The van der Waals surface area contributed by atoms with Gasteiger partial charge in [0.2, 0.25) is 0 Å². The van der Waals surface area contributed by atoms with Crippen LogP contribution >= 0.6 is 0 Å². The van der Waals surface area contributed by atoms with Gasteiger partial charge in [-0.05, 0) is 12.8 Å². The van der Waals surface area contributed by atoms with E-state index in [-0.39, 0.29) is 0 Å². The van der Waals surface area contributed by atoms with Crippen molar-refractivity contribution in [3.63, 3.8) is 0 Å². The van der Waals surface area contributed by atoms with Gasteiger partial charge in [0.05, 0.1) is 11.8 Å².